The number of piperidine rings is 1. The van der Waals surface area contributed by atoms with E-state index in [1.807, 2.05) is 6.92 Å². The molecular formula is C15H29F3N4O3S. The minimum Gasteiger partial charge on any atom is -0.382 e. The van der Waals surface area contributed by atoms with E-state index in [2.05, 4.69) is 15.6 Å². The van der Waals surface area contributed by atoms with E-state index in [-0.39, 0.29) is 19.0 Å². The van der Waals surface area contributed by atoms with E-state index in [1.165, 1.54) is 0 Å². The van der Waals surface area contributed by atoms with E-state index in [0.29, 0.717) is 36.3 Å². The van der Waals surface area contributed by atoms with Gasteiger partial charge in [-0.15, -0.1) is 0 Å². The molecule has 0 bridgehead atoms. The van der Waals surface area contributed by atoms with Crippen molar-refractivity contribution >= 4 is 16.0 Å². The minimum absolute atomic E-state index is 0.103. The zero-order chi connectivity index (χ0) is 19.6. The maximum absolute atomic E-state index is 12.6. The van der Waals surface area contributed by atoms with E-state index in [9.17, 15) is 21.6 Å². The van der Waals surface area contributed by atoms with Crippen LogP contribution in [-0.4, -0.2) is 70.6 Å². The molecule has 11 heteroatoms. The van der Waals surface area contributed by atoms with E-state index >= 15 is 0 Å². The van der Waals surface area contributed by atoms with Crippen molar-refractivity contribution in [3.63, 3.8) is 0 Å². The van der Waals surface area contributed by atoms with E-state index < -0.39 is 15.5 Å². The highest BCUT2D eigenvalue weighted by Crippen LogP contribution is 2.30. The number of halogens is 3. The number of unbranched alkanes of at least 4 members (excludes halogenated alkanes) is 1. The summed E-state index contributed by atoms with van der Waals surface area (Å²) in [6.07, 6.45) is 2.65. The molecule has 0 spiro atoms. The molecule has 1 aliphatic heterocycles. The molecule has 0 atom stereocenters. The first-order valence-corrected chi connectivity index (χ1v) is 10.2. The van der Waals surface area contributed by atoms with Gasteiger partial charge < -0.3 is 15.4 Å². The predicted molar refractivity (Wildman–Crippen MR) is 94.4 cm³/mol. The third kappa shape index (κ3) is 7.28. The van der Waals surface area contributed by atoms with Crippen LogP contribution >= 0.6 is 0 Å². The molecule has 154 valence electrons. The van der Waals surface area contributed by atoms with Gasteiger partial charge in [0.25, 0.3) is 0 Å². The van der Waals surface area contributed by atoms with Gasteiger partial charge in [0.15, 0.2) is 5.96 Å². The second-order valence-electron chi connectivity index (χ2n) is 6.08. The lowest BCUT2D eigenvalue weighted by Gasteiger charge is -2.31. The summed E-state index contributed by atoms with van der Waals surface area (Å²) < 4.78 is 66.2. The number of alkyl halides is 3. The molecule has 7 nitrogen and oxygen atoms in total. The topological polar surface area (TPSA) is 83.0 Å². The summed E-state index contributed by atoms with van der Waals surface area (Å²) >= 11 is 0. The van der Waals surface area contributed by atoms with Gasteiger partial charge in [0.2, 0.25) is 0 Å². The number of hydrogen-bond donors (Lipinski definition) is 2. The molecule has 0 aromatic rings. The number of aliphatic imine (C=N–C) groups is 1. The molecule has 0 aliphatic carbocycles. The van der Waals surface area contributed by atoms with Crippen LogP contribution in [-0.2, 0) is 14.8 Å². The van der Waals surface area contributed by atoms with Gasteiger partial charge >= 0.3 is 15.5 Å². The number of nitrogens with one attached hydrogen (secondary N) is 2. The van der Waals surface area contributed by atoms with Crippen LogP contribution in [0.25, 0.3) is 0 Å². The van der Waals surface area contributed by atoms with Crippen molar-refractivity contribution in [3.8, 4) is 0 Å². The summed E-state index contributed by atoms with van der Waals surface area (Å²) in [6.45, 7) is 4.44. The Morgan fingerprint density at radius 2 is 1.88 bits per heavy atom. The van der Waals surface area contributed by atoms with Gasteiger partial charge in [-0.2, -0.15) is 17.5 Å². The summed E-state index contributed by atoms with van der Waals surface area (Å²) in [5.41, 5.74) is -5.23. The van der Waals surface area contributed by atoms with Crippen molar-refractivity contribution in [3.05, 3.63) is 0 Å². The molecule has 1 saturated heterocycles. The Labute approximate surface area is 153 Å². The molecule has 0 amide bonds. The van der Waals surface area contributed by atoms with Crippen LogP contribution < -0.4 is 10.6 Å². The molecule has 0 unspecified atom stereocenters. The fourth-order valence-electron chi connectivity index (χ4n) is 2.64. The van der Waals surface area contributed by atoms with Crippen molar-refractivity contribution in [2.75, 3.05) is 46.4 Å². The fraction of sp³-hybridized carbons (Fsp3) is 0.933. The van der Waals surface area contributed by atoms with E-state index in [1.54, 1.807) is 7.05 Å². The lowest BCUT2D eigenvalue weighted by Crippen LogP contribution is -2.47. The highest BCUT2D eigenvalue weighted by molar-refractivity contribution is 7.90. The first-order valence-electron chi connectivity index (χ1n) is 8.81. The van der Waals surface area contributed by atoms with Crippen molar-refractivity contribution < 1.29 is 26.3 Å². The predicted octanol–water partition coefficient (Wildman–Crippen LogP) is 1.53. The quantitative estimate of drug-likeness (QED) is 0.347. The molecule has 1 aliphatic rings. The number of sulfonamides is 1. The normalized spacial score (nSPS) is 18.1. The highest BCUT2D eigenvalue weighted by atomic mass is 32.2. The van der Waals surface area contributed by atoms with Gasteiger partial charge in [-0.05, 0) is 38.5 Å². The Kier molecular flexibility index (Phi) is 9.66. The number of ether oxygens (including phenoxy) is 1. The highest BCUT2D eigenvalue weighted by Gasteiger charge is 2.50. The van der Waals surface area contributed by atoms with Crippen LogP contribution in [0.5, 0.6) is 0 Å². The van der Waals surface area contributed by atoms with E-state index in [4.69, 9.17) is 4.74 Å². The van der Waals surface area contributed by atoms with Crippen LogP contribution in [0.2, 0.25) is 0 Å². The number of nitrogens with zero attached hydrogens (tertiary/aromatic N) is 2. The van der Waals surface area contributed by atoms with Gasteiger partial charge in [0, 0.05) is 46.4 Å². The smallest absolute Gasteiger partial charge is 0.382 e. The average Bonchev–Trinajstić information content (AvgIpc) is 2.60. The van der Waals surface area contributed by atoms with Crippen LogP contribution in [0.3, 0.4) is 0 Å². The first-order chi connectivity index (χ1) is 12.2. The van der Waals surface area contributed by atoms with Gasteiger partial charge in [0.05, 0.1) is 0 Å². The molecule has 0 aromatic heterocycles. The molecule has 2 N–H and O–H groups in total. The summed E-state index contributed by atoms with van der Waals surface area (Å²) in [5, 5.41) is 6.31. The number of hydrogen-bond acceptors (Lipinski definition) is 4. The molecule has 1 fully saturated rings. The minimum atomic E-state index is -5.23. The van der Waals surface area contributed by atoms with Crippen LogP contribution in [0.1, 0.15) is 32.6 Å². The first kappa shape index (κ1) is 23.0. The zero-order valence-electron chi connectivity index (χ0n) is 15.3. The van der Waals surface area contributed by atoms with Crippen molar-refractivity contribution in [2.24, 2.45) is 10.9 Å². The molecule has 1 rings (SSSR count). The lowest BCUT2D eigenvalue weighted by molar-refractivity contribution is -0.0496. The third-order valence-electron chi connectivity index (χ3n) is 4.20. The molecule has 0 radical (unpaired) electrons. The Hall–Kier alpha value is -1.07. The van der Waals surface area contributed by atoms with Crippen molar-refractivity contribution in [1.82, 2.24) is 14.9 Å². The molecule has 0 aromatic carbocycles. The van der Waals surface area contributed by atoms with Crippen LogP contribution in [0.15, 0.2) is 4.99 Å². The van der Waals surface area contributed by atoms with E-state index in [0.717, 1.165) is 26.0 Å². The number of rotatable bonds is 9. The average molecular weight is 402 g/mol. The van der Waals surface area contributed by atoms with Gasteiger partial charge in [-0.1, -0.05) is 0 Å². The third-order valence-corrected chi connectivity index (χ3v) is 5.83. The van der Waals surface area contributed by atoms with Crippen LogP contribution in [0.4, 0.5) is 13.2 Å². The van der Waals surface area contributed by atoms with Crippen molar-refractivity contribution in [2.45, 2.75) is 38.1 Å². The molecule has 0 saturated carbocycles. The Morgan fingerprint density at radius 1 is 1.23 bits per heavy atom. The Bertz CT molecular complexity index is 533. The second-order valence-corrected chi connectivity index (χ2v) is 8.01. The summed E-state index contributed by atoms with van der Waals surface area (Å²) in [7, 11) is -3.57. The monoisotopic (exact) mass is 402 g/mol. The second kappa shape index (κ2) is 10.9. The Balaban J connectivity index is 2.28. The van der Waals surface area contributed by atoms with Gasteiger partial charge in [-0.25, -0.2) is 8.42 Å². The maximum atomic E-state index is 12.6. The maximum Gasteiger partial charge on any atom is 0.511 e. The SMILES string of the molecule is CCOCCCCNC(=NC)NCC1CCN(S(=O)(=O)C(F)(F)F)CC1. The zero-order valence-corrected chi connectivity index (χ0v) is 16.1. The molecular weight excluding hydrogens is 373 g/mol. The largest absolute Gasteiger partial charge is 0.511 e. The van der Waals surface area contributed by atoms with Crippen molar-refractivity contribution in [1.29, 1.82) is 0 Å². The summed E-state index contributed by atoms with van der Waals surface area (Å²) in [5.74, 6) is 0.734. The summed E-state index contributed by atoms with van der Waals surface area (Å²) in [6, 6.07) is 0. The Morgan fingerprint density at radius 3 is 2.42 bits per heavy atom. The molecule has 26 heavy (non-hydrogen) atoms. The fourth-order valence-corrected chi connectivity index (χ4v) is 3.63. The van der Waals surface area contributed by atoms with Gasteiger partial charge in [0.1, 0.15) is 0 Å². The number of guanidine groups is 1. The summed E-state index contributed by atoms with van der Waals surface area (Å²) in [4.78, 5) is 4.10. The standard InChI is InChI=1S/C15H29F3N4O3S/c1-3-25-11-5-4-8-20-14(19-2)21-12-13-6-9-22(10-7-13)26(23,24)15(16,17)18/h13H,3-12H2,1-2H3,(H2,19,20,21). The van der Waals surface area contributed by atoms with Crippen LogP contribution in [0, 0.1) is 5.92 Å². The molecule has 1 heterocycles. The lowest BCUT2D eigenvalue weighted by atomic mass is 9.98. The van der Waals surface area contributed by atoms with Gasteiger partial charge in [-0.3, -0.25) is 4.99 Å².